The lowest BCUT2D eigenvalue weighted by atomic mass is 10.1. The Kier molecular flexibility index (Phi) is 6.22. The monoisotopic (exact) mass is 377 g/mol. The maximum absolute atomic E-state index is 12.8. The summed E-state index contributed by atoms with van der Waals surface area (Å²) in [6, 6.07) is 17.6. The molecule has 1 N–H and O–H groups in total. The lowest BCUT2D eigenvalue weighted by molar-refractivity contribution is -0.140. The number of carbonyl (C=O) groups is 2. The number of benzene rings is 2. The van der Waals surface area contributed by atoms with E-state index in [2.05, 4.69) is 15.2 Å². The highest BCUT2D eigenvalue weighted by Crippen LogP contribution is 2.23. The molecule has 0 fully saturated rings. The van der Waals surface area contributed by atoms with E-state index < -0.39 is 0 Å². The summed E-state index contributed by atoms with van der Waals surface area (Å²) in [6.07, 6.45) is 2.53. The van der Waals surface area contributed by atoms with Crippen molar-refractivity contribution in [3.05, 3.63) is 71.9 Å². The van der Waals surface area contributed by atoms with E-state index in [1.165, 1.54) is 7.11 Å². The van der Waals surface area contributed by atoms with Crippen LogP contribution in [0.2, 0.25) is 0 Å². The van der Waals surface area contributed by atoms with Crippen LogP contribution in [0.5, 0.6) is 0 Å². The number of hydrogen-bond acceptors (Lipinski definition) is 4. The zero-order valence-corrected chi connectivity index (χ0v) is 16.0. The fraction of sp³-hybridized carbons (Fsp3) is 0.227. The minimum Gasteiger partial charge on any atom is -0.469 e. The van der Waals surface area contributed by atoms with Gasteiger partial charge in [0.2, 0.25) is 0 Å². The minimum absolute atomic E-state index is 0.220. The molecule has 0 aliphatic carbocycles. The van der Waals surface area contributed by atoms with Crippen molar-refractivity contribution in [1.82, 2.24) is 15.1 Å². The van der Waals surface area contributed by atoms with Gasteiger partial charge in [0, 0.05) is 24.7 Å². The molecule has 0 saturated heterocycles. The van der Waals surface area contributed by atoms with E-state index in [0.717, 1.165) is 16.8 Å². The fourth-order valence-corrected chi connectivity index (χ4v) is 2.81. The van der Waals surface area contributed by atoms with Crippen molar-refractivity contribution < 1.29 is 14.3 Å². The van der Waals surface area contributed by atoms with Gasteiger partial charge in [0.15, 0.2) is 0 Å². The van der Waals surface area contributed by atoms with Crippen molar-refractivity contribution >= 4 is 11.9 Å². The van der Waals surface area contributed by atoms with Crippen LogP contribution in [-0.4, -0.2) is 35.3 Å². The van der Waals surface area contributed by atoms with Gasteiger partial charge in [0.05, 0.1) is 18.4 Å². The number of rotatable bonds is 7. The van der Waals surface area contributed by atoms with Gasteiger partial charge in [-0.15, -0.1) is 0 Å². The smallest absolute Gasteiger partial charge is 0.305 e. The Morgan fingerprint density at radius 3 is 2.46 bits per heavy atom. The summed E-state index contributed by atoms with van der Waals surface area (Å²) >= 11 is 0. The molecule has 0 aliphatic heterocycles. The van der Waals surface area contributed by atoms with E-state index >= 15 is 0 Å². The summed E-state index contributed by atoms with van der Waals surface area (Å²) in [5, 5.41) is 7.52. The molecule has 0 atom stereocenters. The quantitative estimate of drug-likeness (QED) is 0.505. The van der Waals surface area contributed by atoms with Crippen LogP contribution in [0.15, 0.2) is 60.8 Å². The molecule has 0 radical (unpaired) electrons. The van der Waals surface area contributed by atoms with Crippen LogP contribution in [0, 0.1) is 6.92 Å². The summed E-state index contributed by atoms with van der Waals surface area (Å²) < 4.78 is 6.33. The zero-order chi connectivity index (χ0) is 19.9. The van der Waals surface area contributed by atoms with E-state index in [1.807, 2.05) is 61.5 Å². The molecular formula is C22H23N3O3. The normalized spacial score (nSPS) is 10.5. The Morgan fingerprint density at radius 2 is 1.79 bits per heavy atom. The van der Waals surface area contributed by atoms with Crippen LogP contribution in [0.4, 0.5) is 0 Å². The zero-order valence-electron chi connectivity index (χ0n) is 16.0. The first-order valence-corrected chi connectivity index (χ1v) is 9.15. The van der Waals surface area contributed by atoms with Gasteiger partial charge in [0.25, 0.3) is 5.91 Å². The molecule has 3 rings (SSSR count). The largest absolute Gasteiger partial charge is 0.469 e. The van der Waals surface area contributed by atoms with Gasteiger partial charge in [-0.1, -0.05) is 48.0 Å². The van der Waals surface area contributed by atoms with E-state index in [-0.39, 0.29) is 18.3 Å². The first-order valence-electron chi connectivity index (χ1n) is 9.15. The molecule has 0 saturated carbocycles. The molecular weight excluding hydrogens is 354 g/mol. The maximum Gasteiger partial charge on any atom is 0.305 e. The van der Waals surface area contributed by atoms with Crippen molar-refractivity contribution in [1.29, 1.82) is 0 Å². The standard InChI is InChI=1S/C22H23N3O3/c1-16-10-12-18(13-11-16)25-15-19(21(24-25)17-7-4-3-5-8-17)22(27)23-14-6-9-20(26)28-2/h3-5,7-8,10-13,15H,6,9,14H2,1-2H3,(H,23,27). The predicted octanol–water partition coefficient (Wildman–Crippen LogP) is 3.53. The number of hydrogen-bond donors (Lipinski definition) is 1. The first-order chi connectivity index (χ1) is 13.6. The molecule has 28 heavy (non-hydrogen) atoms. The molecule has 1 heterocycles. The van der Waals surface area contributed by atoms with Gasteiger partial charge in [0.1, 0.15) is 5.69 Å². The first kappa shape index (κ1) is 19.4. The molecule has 0 bridgehead atoms. The van der Waals surface area contributed by atoms with Crippen LogP contribution in [0.25, 0.3) is 16.9 Å². The molecule has 0 unspecified atom stereocenters. The minimum atomic E-state index is -0.286. The summed E-state index contributed by atoms with van der Waals surface area (Å²) in [4.78, 5) is 24.0. The molecule has 1 amide bonds. The second kappa shape index (κ2) is 8.99. The highest BCUT2D eigenvalue weighted by Gasteiger charge is 2.18. The number of aromatic nitrogens is 2. The predicted molar refractivity (Wildman–Crippen MR) is 107 cm³/mol. The molecule has 144 valence electrons. The number of nitrogens with zero attached hydrogens (tertiary/aromatic N) is 2. The number of methoxy groups -OCH3 is 1. The van der Waals surface area contributed by atoms with Gasteiger partial charge in [-0.05, 0) is 25.5 Å². The van der Waals surface area contributed by atoms with Gasteiger partial charge in [-0.2, -0.15) is 5.10 Å². The Balaban J connectivity index is 1.84. The van der Waals surface area contributed by atoms with Crippen LogP contribution < -0.4 is 5.32 Å². The van der Waals surface area contributed by atoms with Crippen molar-refractivity contribution in [2.75, 3.05) is 13.7 Å². The molecule has 6 nitrogen and oxygen atoms in total. The molecule has 6 heteroatoms. The number of amides is 1. The van der Waals surface area contributed by atoms with Crippen LogP contribution in [-0.2, 0) is 9.53 Å². The van der Waals surface area contributed by atoms with Crippen molar-refractivity contribution in [2.24, 2.45) is 0 Å². The van der Waals surface area contributed by atoms with E-state index in [4.69, 9.17) is 0 Å². The van der Waals surface area contributed by atoms with Crippen LogP contribution >= 0.6 is 0 Å². The average molecular weight is 377 g/mol. The van der Waals surface area contributed by atoms with Crippen molar-refractivity contribution in [2.45, 2.75) is 19.8 Å². The average Bonchev–Trinajstić information content (AvgIpc) is 3.17. The third kappa shape index (κ3) is 4.65. The van der Waals surface area contributed by atoms with Crippen LogP contribution in [0.3, 0.4) is 0 Å². The summed E-state index contributed by atoms with van der Waals surface area (Å²) in [7, 11) is 1.35. The molecule has 0 aliphatic rings. The summed E-state index contributed by atoms with van der Waals surface area (Å²) in [5.41, 5.74) is 4.01. The van der Waals surface area contributed by atoms with Gasteiger partial charge >= 0.3 is 5.97 Å². The molecule has 0 spiro atoms. The van der Waals surface area contributed by atoms with Crippen molar-refractivity contribution in [3.8, 4) is 16.9 Å². The molecule has 1 aromatic heterocycles. The highest BCUT2D eigenvalue weighted by atomic mass is 16.5. The van der Waals surface area contributed by atoms with E-state index in [0.29, 0.717) is 24.2 Å². The van der Waals surface area contributed by atoms with Crippen LogP contribution in [0.1, 0.15) is 28.8 Å². The van der Waals surface area contributed by atoms with Crippen molar-refractivity contribution in [3.63, 3.8) is 0 Å². The Labute approximate surface area is 164 Å². The fourth-order valence-electron chi connectivity index (χ4n) is 2.81. The maximum atomic E-state index is 12.8. The van der Waals surface area contributed by atoms with E-state index in [1.54, 1.807) is 10.9 Å². The number of nitrogens with one attached hydrogen (secondary N) is 1. The van der Waals surface area contributed by atoms with Gasteiger partial charge in [-0.3, -0.25) is 9.59 Å². The summed E-state index contributed by atoms with van der Waals surface area (Å²) in [5.74, 6) is -0.506. The third-order valence-electron chi connectivity index (χ3n) is 4.38. The number of esters is 1. The lowest BCUT2D eigenvalue weighted by Gasteiger charge is -2.05. The second-order valence-electron chi connectivity index (χ2n) is 6.47. The second-order valence-corrected chi connectivity index (χ2v) is 6.47. The SMILES string of the molecule is COC(=O)CCCNC(=O)c1cn(-c2ccc(C)cc2)nc1-c1ccccc1. The third-order valence-corrected chi connectivity index (χ3v) is 4.38. The Bertz CT molecular complexity index is 947. The topological polar surface area (TPSA) is 73.2 Å². The van der Waals surface area contributed by atoms with Gasteiger partial charge < -0.3 is 10.1 Å². The summed E-state index contributed by atoms with van der Waals surface area (Å²) in [6.45, 7) is 2.41. The molecule has 2 aromatic carbocycles. The number of aryl methyl sites for hydroxylation is 1. The highest BCUT2D eigenvalue weighted by molar-refractivity contribution is 5.99. The Hall–Kier alpha value is -3.41. The Morgan fingerprint density at radius 1 is 1.07 bits per heavy atom. The van der Waals surface area contributed by atoms with Gasteiger partial charge in [-0.25, -0.2) is 4.68 Å². The number of carbonyl (C=O) groups excluding carboxylic acids is 2. The molecule has 3 aromatic rings. The lowest BCUT2D eigenvalue weighted by Crippen LogP contribution is -2.25. The number of ether oxygens (including phenoxy) is 1. The van der Waals surface area contributed by atoms with E-state index in [9.17, 15) is 9.59 Å².